The first-order valence-corrected chi connectivity index (χ1v) is 6.35. The van der Waals surface area contributed by atoms with Crippen molar-refractivity contribution in [1.29, 1.82) is 0 Å². The van der Waals surface area contributed by atoms with Crippen molar-refractivity contribution >= 4 is 34.9 Å². The molecule has 100 valence electrons. The lowest BCUT2D eigenvalue weighted by Gasteiger charge is -2.08. The van der Waals surface area contributed by atoms with Crippen molar-refractivity contribution in [2.45, 2.75) is 13.5 Å². The molecule has 2 N–H and O–H groups in total. The zero-order valence-electron chi connectivity index (χ0n) is 10.2. The van der Waals surface area contributed by atoms with Crippen molar-refractivity contribution in [1.82, 2.24) is 5.32 Å². The van der Waals surface area contributed by atoms with Gasteiger partial charge in [-0.25, -0.2) is 4.79 Å². The highest BCUT2D eigenvalue weighted by atomic mass is 35.5. The van der Waals surface area contributed by atoms with Gasteiger partial charge in [0.2, 0.25) is 0 Å². The zero-order valence-corrected chi connectivity index (χ0v) is 11.7. The molecule has 0 aliphatic heterocycles. The molecule has 4 nitrogen and oxygen atoms in total. The van der Waals surface area contributed by atoms with Crippen molar-refractivity contribution in [2.24, 2.45) is 0 Å². The molecular formula is C13H12Cl2N2O2. The number of amides is 2. The van der Waals surface area contributed by atoms with E-state index in [-0.39, 0.29) is 6.03 Å². The van der Waals surface area contributed by atoms with E-state index in [0.717, 1.165) is 5.76 Å². The highest BCUT2D eigenvalue weighted by molar-refractivity contribution is 6.36. The minimum Gasteiger partial charge on any atom is -0.465 e. The maximum atomic E-state index is 11.7. The van der Waals surface area contributed by atoms with E-state index in [4.69, 9.17) is 27.6 Å². The molecule has 0 atom stereocenters. The molecule has 0 spiro atoms. The van der Waals surface area contributed by atoms with Crippen LogP contribution in [-0.4, -0.2) is 6.03 Å². The van der Waals surface area contributed by atoms with Crippen LogP contribution in [0.25, 0.3) is 0 Å². The number of aryl methyl sites for hydroxylation is 1. The molecule has 2 aromatic rings. The minimum atomic E-state index is -0.363. The Morgan fingerprint density at radius 1 is 1.26 bits per heavy atom. The summed E-state index contributed by atoms with van der Waals surface area (Å²) in [5, 5.41) is 6.20. The predicted molar refractivity (Wildman–Crippen MR) is 75.8 cm³/mol. The molecule has 1 heterocycles. The smallest absolute Gasteiger partial charge is 0.319 e. The minimum absolute atomic E-state index is 0.310. The fraction of sp³-hybridized carbons (Fsp3) is 0.154. The highest BCUT2D eigenvalue weighted by Crippen LogP contribution is 2.25. The largest absolute Gasteiger partial charge is 0.465 e. The molecule has 0 fully saturated rings. The number of rotatable bonds is 3. The van der Waals surface area contributed by atoms with Crippen LogP contribution in [0.1, 0.15) is 11.5 Å². The van der Waals surface area contributed by atoms with Gasteiger partial charge in [-0.1, -0.05) is 23.2 Å². The van der Waals surface area contributed by atoms with Crippen molar-refractivity contribution in [3.63, 3.8) is 0 Å². The van der Waals surface area contributed by atoms with Crippen LogP contribution in [0.15, 0.2) is 34.7 Å². The molecular weight excluding hydrogens is 287 g/mol. The van der Waals surface area contributed by atoms with Crippen molar-refractivity contribution in [3.05, 3.63) is 51.9 Å². The molecule has 1 aromatic carbocycles. The summed E-state index contributed by atoms with van der Waals surface area (Å²) in [6, 6.07) is 8.14. The van der Waals surface area contributed by atoms with Crippen LogP contribution in [0.5, 0.6) is 0 Å². The van der Waals surface area contributed by atoms with Gasteiger partial charge in [0.05, 0.1) is 17.3 Å². The normalized spacial score (nSPS) is 10.3. The van der Waals surface area contributed by atoms with Gasteiger partial charge in [-0.3, -0.25) is 0 Å². The van der Waals surface area contributed by atoms with E-state index in [1.165, 1.54) is 0 Å². The first-order chi connectivity index (χ1) is 9.04. The Hall–Kier alpha value is -1.65. The molecule has 19 heavy (non-hydrogen) atoms. The number of hydrogen-bond donors (Lipinski definition) is 2. The van der Waals surface area contributed by atoms with E-state index in [1.807, 2.05) is 19.1 Å². The second-order valence-electron chi connectivity index (χ2n) is 3.94. The van der Waals surface area contributed by atoms with Gasteiger partial charge in [0, 0.05) is 5.02 Å². The van der Waals surface area contributed by atoms with Crippen LogP contribution in [0, 0.1) is 6.92 Å². The molecule has 0 bridgehead atoms. The van der Waals surface area contributed by atoms with E-state index >= 15 is 0 Å². The first-order valence-electron chi connectivity index (χ1n) is 5.60. The average Bonchev–Trinajstić information content (AvgIpc) is 2.76. The Labute approximate surface area is 120 Å². The summed E-state index contributed by atoms with van der Waals surface area (Å²) in [5.41, 5.74) is 0.499. The van der Waals surface area contributed by atoms with Gasteiger partial charge >= 0.3 is 6.03 Å². The highest BCUT2D eigenvalue weighted by Gasteiger charge is 2.07. The number of carbonyl (C=O) groups is 1. The summed E-state index contributed by atoms with van der Waals surface area (Å²) in [6.45, 7) is 2.15. The quantitative estimate of drug-likeness (QED) is 0.891. The van der Waals surface area contributed by atoms with E-state index < -0.39 is 0 Å². The summed E-state index contributed by atoms with van der Waals surface area (Å²) in [5.74, 6) is 1.49. The van der Waals surface area contributed by atoms with Crippen LogP contribution in [-0.2, 0) is 6.54 Å². The number of halogens is 2. The van der Waals surface area contributed by atoms with Crippen molar-refractivity contribution in [3.8, 4) is 0 Å². The molecule has 0 unspecified atom stereocenters. The maximum absolute atomic E-state index is 11.7. The molecule has 1 aromatic heterocycles. The Balaban J connectivity index is 1.90. The van der Waals surface area contributed by atoms with Crippen molar-refractivity contribution in [2.75, 3.05) is 5.32 Å². The Morgan fingerprint density at radius 2 is 2.05 bits per heavy atom. The number of nitrogens with one attached hydrogen (secondary N) is 2. The SMILES string of the molecule is Cc1ccc(CNC(=O)Nc2ccc(Cl)cc2Cl)o1. The lowest BCUT2D eigenvalue weighted by Crippen LogP contribution is -2.28. The van der Waals surface area contributed by atoms with Gasteiger partial charge < -0.3 is 15.1 Å². The third-order valence-corrected chi connectivity index (χ3v) is 2.95. The van der Waals surface area contributed by atoms with Crippen LogP contribution in [0.2, 0.25) is 10.0 Å². The number of furan rings is 1. The third-order valence-electron chi connectivity index (χ3n) is 2.40. The standard InChI is InChI=1S/C13H12Cl2N2O2/c1-8-2-4-10(19-8)7-16-13(18)17-12-5-3-9(14)6-11(12)15/h2-6H,7H2,1H3,(H2,16,17,18). The molecule has 0 saturated carbocycles. The van der Waals surface area contributed by atoms with E-state index in [0.29, 0.717) is 28.0 Å². The van der Waals surface area contributed by atoms with Crippen LogP contribution >= 0.6 is 23.2 Å². The molecule has 0 aliphatic carbocycles. The number of anilines is 1. The molecule has 0 radical (unpaired) electrons. The summed E-state index contributed by atoms with van der Waals surface area (Å²) in [6.07, 6.45) is 0. The molecule has 6 heteroatoms. The summed E-state index contributed by atoms with van der Waals surface area (Å²) in [7, 11) is 0. The fourth-order valence-electron chi connectivity index (χ4n) is 1.50. The molecule has 0 aliphatic rings. The summed E-state index contributed by atoms with van der Waals surface area (Å²) in [4.78, 5) is 11.7. The van der Waals surface area contributed by atoms with Crippen LogP contribution < -0.4 is 10.6 Å². The van der Waals surface area contributed by atoms with Gasteiger partial charge in [0.15, 0.2) is 0 Å². The van der Waals surface area contributed by atoms with Gasteiger partial charge in [-0.15, -0.1) is 0 Å². The Kier molecular flexibility index (Phi) is 4.35. The van der Waals surface area contributed by atoms with E-state index in [2.05, 4.69) is 10.6 Å². The lowest BCUT2D eigenvalue weighted by atomic mass is 10.3. The number of hydrogen-bond acceptors (Lipinski definition) is 2. The van der Waals surface area contributed by atoms with Crippen LogP contribution in [0.4, 0.5) is 10.5 Å². The van der Waals surface area contributed by atoms with E-state index in [9.17, 15) is 4.79 Å². The van der Waals surface area contributed by atoms with Crippen LogP contribution in [0.3, 0.4) is 0 Å². The number of urea groups is 1. The second-order valence-corrected chi connectivity index (χ2v) is 4.79. The Morgan fingerprint density at radius 3 is 2.68 bits per heavy atom. The maximum Gasteiger partial charge on any atom is 0.319 e. The second kappa shape index (κ2) is 5.99. The lowest BCUT2D eigenvalue weighted by molar-refractivity contribution is 0.250. The average molecular weight is 299 g/mol. The predicted octanol–water partition coefficient (Wildman–Crippen LogP) is 4.22. The third kappa shape index (κ3) is 3.91. The topological polar surface area (TPSA) is 54.3 Å². The molecule has 2 rings (SSSR count). The number of carbonyl (C=O) groups excluding carboxylic acids is 1. The first kappa shape index (κ1) is 13.8. The van der Waals surface area contributed by atoms with Gasteiger partial charge in [0.1, 0.15) is 11.5 Å². The fourth-order valence-corrected chi connectivity index (χ4v) is 1.96. The summed E-state index contributed by atoms with van der Waals surface area (Å²) < 4.78 is 5.34. The van der Waals surface area contributed by atoms with Gasteiger partial charge in [-0.2, -0.15) is 0 Å². The van der Waals surface area contributed by atoms with Gasteiger partial charge in [-0.05, 0) is 37.3 Å². The number of benzene rings is 1. The van der Waals surface area contributed by atoms with Gasteiger partial charge in [0.25, 0.3) is 0 Å². The molecule has 2 amide bonds. The van der Waals surface area contributed by atoms with E-state index in [1.54, 1.807) is 18.2 Å². The van der Waals surface area contributed by atoms with Crippen molar-refractivity contribution < 1.29 is 9.21 Å². The summed E-state index contributed by atoms with van der Waals surface area (Å²) >= 11 is 11.7. The zero-order chi connectivity index (χ0) is 13.8. The Bertz CT molecular complexity index is 596. The molecule has 0 saturated heterocycles. The monoisotopic (exact) mass is 298 g/mol.